The van der Waals surface area contributed by atoms with Gasteiger partial charge in [-0.25, -0.2) is 0 Å². The van der Waals surface area contributed by atoms with E-state index in [0.717, 1.165) is 12.8 Å². The van der Waals surface area contributed by atoms with Crippen molar-refractivity contribution < 1.29 is 0 Å². The molecule has 0 fully saturated rings. The van der Waals surface area contributed by atoms with Gasteiger partial charge in [0.2, 0.25) is 0 Å². The van der Waals surface area contributed by atoms with Crippen LogP contribution in [0.25, 0.3) is 0 Å². The van der Waals surface area contributed by atoms with Gasteiger partial charge in [0, 0.05) is 17.2 Å². The molecule has 0 saturated heterocycles. The first kappa shape index (κ1) is 10.8. The largest absolute Gasteiger partial charge is 0.388 e. The molecule has 0 bridgehead atoms. The van der Waals surface area contributed by atoms with Gasteiger partial charge in [0.25, 0.3) is 0 Å². The SMILES string of the molecule is CCc1ccc(CCI)c(NC)c1. The van der Waals surface area contributed by atoms with Crippen LogP contribution >= 0.6 is 22.6 Å². The summed E-state index contributed by atoms with van der Waals surface area (Å²) in [5.41, 5.74) is 4.12. The minimum Gasteiger partial charge on any atom is -0.388 e. The Morgan fingerprint density at radius 1 is 1.38 bits per heavy atom. The van der Waals surface area contributed by atoms with E-state index in [4.69, 9.17) is 0 Å². The fourth-order valence-electron chi connectivity index (χ4n) is 1.40. The van der Waals surface area contributed by atoms with Crippen molar-refractivity contribution in [3.05, 3.63) is 29.3 Å². The highest BCUT2D eigenvalue weighted by Gasteiger charge is 2.00. The van der Waals surface area contributed by atoms with Gasteiger partial charge in [-0.05, 0) is 30.0 Å². The molecule has 1 rings (SSSR count). The van der Waals surface area contributed by atoms with E-state index in [0.29, 0.717) is 0 Å². The van der Waals surface area contributed by atoms with E-state index >= 15 is 0 Å². The zero-order valence-corrected chi connectivity index (χ0v) is 10.4. The highest BCUT2D eigenvalue weighted by Crippen LogP contribution is 2.18. The Balaban J connectivity index is 2.93. The maximum absolute atomic E-state index is 3.25. The number of benzene rings is 1. The first-order chi connectivity index (χ1) is 6.31. The van der Waals surface area contributed by atoms with Crippen molar-refractivity contribution in [3.63, 3.8) is 0 Å². The third-order valence-corrected chi connectivity index (χ3v) is 2.76. The molecule has 13 heavy (non-hydrogen) atoms. The number of hydrogen-bond acceptors (Lipinski definition) is 1. The van der Waals surface area contributed by atoms with E-state index in [1.165, 1.54) is 21.2 Å². The lowest BCUT2D eigenvalue weighted by Gasteiger charge is -2.09. The molecule has 0 aliphatic rings. The van der Waals surface area contributed by atoms with Crippen LogP contribution in [0.1, 0.15) is 18.1 Å². The minimum atomic E-state index is 1.11. The van der Waals surface area contributed by atoms with E-state index in [1.807, 2.05) is 7.05 Å². The van der Waals surface area contributed by atoms with Gasteiger partial charge in [-0.3, -0.25) is 0 Å². The van der Waals surface area contributed by atoms with E-state index in [-0.39, 0.29) is 0 Å². The zero-order chi connectivity index (χ0) is 9.68. The van der Waals surface area contributed by atoms with Crippen molar-refractivity contribution in [1.29, 1.82) is 0 Å². The molecule has 0 aromatic heterocycles. The van der Waals surface area contributed by atoms with E-state index < -0.39 is 0 Å². The van der Waals surface area contributed by atoms with Crippen LogP contribution in [0, 0.1) is 0 Å². The number of alkyl halides is 1. The van der Waals surface area contributed by atoms with Gasteiger partial charge in [-0.2, -0.15) is 0 Å². The standard InChI is InChI=1S/C11H16IN/c1-3-9-4-5-10(6-7-12)11(8-9)13-2/h4-5,8,13H,3,6-7H2,1-2H3. The van der Waals surface area contributed by atoms with Crippen LogP contribution in [0.3, 0.4) is 0 Å². The van der Waals surface area contributed by atoms with Gasteiger partial charge < -0.3 is 5.32 Å². The van der Waals surface area contributed by atoms with E-state index in [9.17, 15) is 0 Å². The molecule has 1 aromatic rings. The molecule has 0 heterocycles. The lowest BCUT2D eigenvalue weighted by molar-refractivity contribution is 1.11. The summed E-state index contributed by atoms with van der Waals surface area (Å²) in [6.07, 6.45) is 2.26. The molecule has 1 nitrogen and oxygen atoms in total. The van der Waals surface area contributed by atoms with Crippen molar-refractivity contribution in [2.45, 2.75) is 19.8 Å². The van der Waals surface area contributed by atoms with E-state index in [2.05, 4.69) is 53.0 Å². The summed E-state index contributed by atoms with van der Waals surface area (Å²) in [5, 5.41) is 3.25. The maximum Gasteiger partial charge on any atom is 0.0373 e. The normalized spacial score (nSPS) is 10.1. The predicted octanol–water partition coefficient (Wildman–Crippen LogP) is 3.27. The third-order valence-electron chi connectivity index (χ3n) is 2.22. The fourth-order valence-corrected chi connectivity index (χ4v) is 1.98. The Kier molecular flexibility index (Phi) is 4.56. The summed E-state index contributed by atoms with van der Waals surface area (Å²) in [6.45, 7) is 2.19. The topological polar surface area (TPSA) is 12.0 Å². The van der Waals surface area contributed by atoms with E-state index in [1.54, 1.807) is 0 Å². The molecule has 2 heteroatoms. The molecule has 0 atom stereocenters. The van der Waals surface area contributed by atoms with Crippen molar-refractivity contribution in [3.8, 4) is 0 Å². The highest BCUT2D eigenvalue weighted by atomic mass is 127. The molecular weight excluding hydrogens is 273 g/mol. The van der Waals surface area contributed by atoms with Gasteiger partial charge in [0.15, 0.2) is 0 Å². The fraction of sp³-hybridized carbons (Fsp3) is 0.455. The number of aryl methyl sites for hydroxylation is 2. The Hall–Kier alpha value is -0.250. The van der Waals surface area contributed by atoms with Crippen molar-refractivity contribution in [2.75, 3.05) is 16.8 Å². The second-order valence-electron chi connectivity index (χ2n) is 3.03. The maximum atomic E-state index is 3.25. The number of halogens is 1. The molecular formula is C11H16IN. The average Bonchev–Trinajstić information content (AvgIpc) is 2.19. The Bertz CT molecular complexity index is 271. The van der Waals surface area contributed by atoms with Gasteiger partial charge in [-0.15, -0.1) is 0 Å². The second kappa shape index (κ2) is 5.47. The second-order valence-corrected chi connectivity index (χ2v) is 4.11. The number of nitrogens with one attached hydrogen (secondary N) is 1. The van der Waals surface area contributed by atoms with Gasteiger partial charge in [0.05, 0.1) is 0 Å². The third kappa shape index (κ3) is 2.86. The van der Waals surface area contributed by atoms with Crippen molar-refractivity contribution in [2.24, 2.45) is 0 Å². The molecule has 0 radical (unpaired) electrons. The average molecular weight is 289 g/mol. The van der Waals surface area contributed by atoms with Crippen LogP contribution in [0.5, 0.6) is 0 Å². The highest BCUT2D eigenvalue weighted by molar-refractivity contribution is 14.1. The Morgan fingerprint density at radius 2 is 2.15 bits per heavy atom. The summed E-state index contributed by atoms with van der Waals surface area (Å²) in [7, 11) is 1.99. The van der Waals surface area contributed by atoms with Crippen molar-refractivity contribution >= 4 is 28.3 Å². The summed E-state index contributed by atoms with van der Waals surface area (Å²) in [5.74, 6) is 0. The van der Waals surface area contributed by atoms with Gasteiger partial charge in [-0.1, -0.05) is 41.6 Å². The van der Waals surface area contributed by atoms with Crippen LogP contribution in [0.15, 0.2) is 18.2 Å². The zero-order valence-electron chi connectivity index (χ0n) is 8.23. The van der Waals surface area contributed by atoms with Crippen LogP contribution in [0.2, 0.25) is 0 Å². The van der Waals surface area contributed by atoms with Crippen molar-refractivity contribution in [1.82, 2.24) is 0 Å². The molecule has 72 valence electrons. The Labute approximate surface area is 94.1 Å². The Morgan fingerprint density at radius 3 is 2.69 bits per heavy atom. The molecule has 1 N–H and O–H groups in total. The van der Waals surface area contributed by atoms with Crippen LogP contribution < -0.4 is 5.32 Å². The first-order valence-corrected chi connectivity index (χ1v) is 6.20. The number of anilines is 1. The molecule has 0 aliphatic carbocycles. The smallest absolute Gasteiger partial charge is 0.0373 e. The van der Waals surface area contributed by atoms with Gasteiger partial charge >= 0.3 is 0 Å². The quantitative estimate of drug-likeness (QED) is 0.662. The summed E-state index contributed by atoms with van der Waals surface area (Å²) in [4.78, 5) is 0. The van der Waals surface area contributed by atoms with Crippen LogP contribution in [0.4, 0.5) is 5.69 Å². The monoisotopic (exact) mass is 289 g/mol. The molecule has 0 aliphatic heterocycles. The molecule has 0 spiro atoms. The van der Waals surface area contributed by atoms with Gasteiger partial charge in [0.1, 0.15) is 0 Å². The molecule has 0 amide bonds. The lowest BCUT2D eigenvalue weighted by Crippen LogP contribution is -1.97. The number of hydrogen-bond donors (Lipinski definition) is 1. The predicted molar refractivity (Wildman–Crippen MR) is 68.0 cm³/mol. The summed E-state index contributed by atoms with van der Waals surface area (Å²) < 4.78 is 1.18. The molecule has 0 unspecified atom stereocenters. The van der Waals surface area contributed by atoms with Crippen LogP contribution in [-0.4, -0.2) is 11.5 Å². The molecule has 0 saturated carbocycles. The summed E-state index contributed by atoms with van der Waals surface area (Å²) in [6, 6.07) is 6.72. The van der Waals surface area contributed by atoms with Crippen LogP contribution in [-0.2, 0) is 12.8 Å². The molecule has 1 aromatic carbocycles. The number of rotatable bonds is 4. The summed E-state index contributed by atoms with van der Waals surface area (Å²) >= 11 is 2.41. The minimum absolute atomic E-state index is 1.11. The lowest BCUT2D eigenvalue weighted by atomic mass is 10.1. The first-order valence-electron chi connectivity index (χ1n) is 4.67.